The molecule has 0 spiro atoms. The molecule has 17 heavy (non-hydrogen) atoms. The number of rotatable bonds is 3. The molecule has 2 atom stereocenters. The standard InChI is InChI=1S/C10H13F3N4/c1-7(3-9(2,15)6-14)17-5-8(4-16-17)10(11,12)13/h4-5,7H,3,15H2,1-2H3. The molecule has 0 radical (unpaired) electrons. The van der Waals surface area contributed by atoms with Gasteiger partial charge < -0.3 is 5.73 Å². The van der Waals surface area contributed by atoms with Crippen molar-refractivity contribution in [2.75, 3.05) is 0 Å². The zero-order chi connectivity index (χ0) is 13.3. The summed E-state index contributed by atoms with van der Waals surface area (Å²) in [6.07, 6.45) is -2.50. The Hall–Kier alpha value is -1.55. The van der Waals surface area contributed by atoms with Gasteiger partial charge in [-0.15, -0.1) is 0 Å². The first-order chi connectivity index (χ1) is 7.65. The molecule has 0 aliphatic heterocycles. The van der Waals surface area contributed by atoms with E-state index in [1.165, 1.54) is 11.6 Å². The molecule has 0 bridgehead atoms. The number of alkyl halides is 3. The molecule has 1 aromatic heterocycles. The lowest BCUT2D eigenvalue weighted by molar-refractivity contribution is -0.137. The van der Waals surface area contributed by atoms with Gasteiger partial charge in [0.1, 0.15) is 5.54 Å². The van der Waals surface area contributed by atoms with Crippen molar-refractivity contribution in [3.63, 3.8) is 0 Å². The minimum absolute atomic E-state index is 0.225. The molecule has 2 N–H and O–H groups in total. The SMILES string of the molecule is CC(CC(C)(N)C#N)n1cc(C(F)(F)F)cn1. The van der Waals surface area contributed by atoms with Crippen LogP contribution in [0.1, 0.15) is 31.9 Å². The number of halogens is 3. The molecule has 0 amide bonds. The monoisotopic (exact) mass is 246 g/mol. The van der Waals surface area contributed by atoms with Crippen molar-refractivity contribution in [2.24, 2.45) is 5.73 Å². The fourth-order valence-corrected chi connectivity index (χ4v) is 1.48. The third kappa shape index (κ3) is 3.46. The maximum atomic E-state index is 12.3. The lowest BCUT2D eigenvalue weighted by Gasteiger charge is -2.20. The van der Waals surface area contributed by atoms with Crippen LogP contribution < -0.4 is 5.73 Å². The molecule has 4 nitrogen and oxygen atoms in total. The van der Waals surface area contributed by atoms with Gasteiger partial charge in [-0.05, 0) is 13.8 Å². The summed E-state index contributed by atoms with van der Waals surface area (Å²) < 4.78 is 38.2. The largest absolute Gasteiger partial charge is 0.419 e. The van der Waals surface area contributed by atoms with E-state index in [4.69, 9.17) is 11.0 Å². The molecule has 1 rings (SSSR count). The van der Waals surface area contributed by atoms with Gasteiger partial charge in [0.25, 0.3) is 0 Å². The Kier molecular flexibility index (Phi) is 3.48. The molecule has 1 aromatic rings. The Labute approximate surface area is 96.8 Å². The van der Waals surface area contributed by atoms with E-state index in [1.807, 2.05) is 6.07 Å². The maximum Gasteiger partial charge on any atom is 0.419 e. The summed E-state index contributed by atoms with van der Waals surface area (Å²) in [7, 11) is 0. The molecule has 1 heterocycles. The highest BCUT2D eigenvalue weighted by Gasteiger charge is 2.33. The van der Waals surface area contributed by atoms with Crippen LogP contribution in [0.4, 0.5) is 13.2 Å². The van der Waals surface area contributed by atoms with Gasteiger partial charge in [0.15, 0.2) is 0 Å². The van der Waals surface area contributed by atoms with Crippen LogP contribution in [0.2, 0.25) is 0 Å². The Balaban J connectivity index is 2.82. The van der Waals surface area contributed by atoms with E-state index in [-0.39, 0.29) is 12.5 Å². The normalized spacial score (nSPS) is 17.2. The van der Waals surface area contributed by atoms with Crippen molar-refractivity contribution in [3.8, 4) is 6.07 Å². The lowest BCUT2D eigenvalue weighted by atomic mass is 9.97. The van der Waals surface area contributed by atoms with E-state index in [9.17, 15) is 13.2 Å². The minimum atomic E-state index is -4.40. The third-order valence-electron chi connectivity index (χ3n) is 2.36. The molecule has 0 aromatic carbocycles. The molecule has 0 aliphatic rings. The fraction of sp³-hybridized carbons (Fsp3) is 0.600. The summed E-state index contributed by atoms with van der Waals surface area (Å²) in [5.41, 5.74) is 3.74. The van der Waals surface area contributed by atoms with Crippen molar-refractivity contribution in [2.45, 2.75) is 38.0 Å². The number of nitrogens with two attached hydrogens (primary N) is 1. The van der Waals surface area contributed by atoms with Crippen LogP contribution in [0.25, 0.3) is 0 Å². The second-order valence-electron chi connectivity index (χ2n) is 4.29. The number of hydrogen-bond acceptors (Lipinski definition) is 3. The van der Waals surface area contributed by atoms with E-state index in [0.717, 1.165) is 12.4 Å². The first-order valence-corrected chi connectivity index (χ1v) is 4.97. The summed E-state index contributed by atoms with van der Waals surface area (Å²) in [5.74, 6) is 0. The number of nitrogens with zero attached hydrogens (tertiary/aromatic N) is 3. The van der Waals surface area contributed by atoms with Crippen LogP contribution in [0.15, 0.2) is 12.4 Å². The zero-order valence-corrected chi connectivity index (χ0v) is 9.49. The van der Waals surface area contributed by atoms with Crippen molar-refractivity contribution in [1.29, 1.82) is 5.26 Å². The smallest absolute Gasteiger partial charge is 0.314 e. The second-order valence-corrected chi connectivity index (χ2v) is 4.29. The summed E-state index contributed by atoms with van der Waals surface area (Å²) in [5, 5.41) is 12.4. The third-order valence-corrected chi connectivity index (χ3v) is 2.36. The molecule has 0 fully saturated rings. The highest BCUT2D eigenvalue weighted by atomic mass is 19.4. The minimum Gasteiger partial charge on any atom is -0.314 e. The van der Waals surface area contributed by atoms with E-state index >= 15 is 0 Å². The average molecular weight is 246 g/mol. The molecular weight excluding hydrogens is 233 g/mol. The Morgan fingerprint density at radius 3 is 2.59 bits per heavy atom. The second kappa shape index (κ2) is 4.37. The number of hydrogen-bond donors (Lipinski definition) is 1. The van der Waals surface area contributed by atoms with Crippen molar-refractivity contribution < 1.29 is 13.2 Å². The van der Waals surface area contributed by atoms with E-state index in [2.05, 4.69) is 5.10 Å². The van der Waals surface area contributed by atoms with Crippen molar-refractivity contribution in [3.05, 3.63) is 18.0 Å². The Bertz CT molecular complexity index is 427. The predicted octanol–water partition coefficient (Wildman–Crippen LogP) is 2.09. The highest BCUT2D eigenvalue weighted by Crippen LogP contribution is 2.29. The highest BCUT2D eigenvalue weighted by molar-refractivity contribution is 5.09. The molecular formula is C10H13F3N4. The Morgan fingerprint density at radius 2 is 2.18 bits per heavy atom. The maximum absolute atomic E-state index is 12.3. The Morgan fingerprint density at radius 1 is 1.59 bits per heavy atom. The van der Waals surface area contributed by atoms with Gasteiger partial charge in [-0.25, -0.2) is 0 Å². The van der Waals surface area contributed by atoms with E-state index in [0.29, 0.717) is 0 Å². The molecule has 0 aliphatic carbocycles. The van der Waals surface area contributed by atoms with Crippen LogP contribution in [-0.4, -0.2) is 15.3 Å². The fourth-order valence-electron chi connectivity index (χ4n) is 1.48. The summed E-state index contributed by atoms with van der Waals surface area (Å²) in [4.78, 5) is 0. The van der Waals surface area contributed by atoms with Crippen LogP contribution in [0.3, 0.4) is 0 Å². The van der Waals surface area contributed by atoms with Crippen molar-refractivity contribution in [1.82, 2.24) is 9.78 Å². The zero-order valence-electron chi connectivity index (χ0n) is 9.49. The first-order valence-electron chi connectivity index (χ1n) is 4.97. The molecule has 0 saturated heterocycles. The molecule has 94 valence electrons. The van der Waals surface area contributed by atoms with Gasteiger partial charge >= 0.3 is 6.18 Å². The summed E-state index contributed by atoms with van der Waals surface area (Å²) >= 11 is 0. The van der Waals surface area contributed by atoms with Gasteiger partial charge in [0, 0.05) is 12.6 Å². The first kappa shape index (κ1) is 13.5. The van der Waals surface area contributed by atoms with Crippen molar-refractivity contribution >= 4 is 0 Å². The van der Waals surface area contributed by atoms with Gasteiger partial charge in [0.05, 0.1) is 23.9 Å². The van der Waals surface area contributed by atoms with Crippen LogP contribution >= 0.6 is 0 Å². The van der Waals surface area contributed by atoms with Crippen LogP contribution in [0.5, 0.6) is 0 Å². The van der Waals surface area contributed by atoms with Gasteiger partial charge in [-0.3, -0.25) is 4.68 Å². The lowest BCUT2D eigenvalue weighted by Crippen LogP contribution is -2.36. The van der Waals surface area contributed by atoms with Crippen LogP contribution in [-0.2, 0) is 6.18 Å². The van der Waals surface area contributed by atoms with E-state index in [1.54, 1.807) is 6.92 Å². The van der Waals surface area contributed by atoms with Gasteiger partial charge in [-0.1, -0.05) is 0 Å². The summed E-state index contributed by atoms with van der Waals surface area (Å²) in [6.45, 7) is 3.19. The molecule has 0 saturated carbocycles. The number of nitriles is 1. The van der Waals surface area contributed by atoms with Crippen LogP contribution in [0, 0.1) is 11.3 Å². The summed E-state index contributed by atoms with van der Waals surface area (Å²) in [6, 6.07) is 1.52. The van der Waals surface area contributed by atoms with Gasteiger partial charge in [0.2, 0.25) is 0 Å². The van der Waals surface area contributed by atoms with Gasteiger partial charge in [-0.2, -0.15) is 23.5 Å². The molecule has 2 unspecified atom stereocenters. The molecule has 7 heteroatoms. The average Bonchev–Trinajstić information content (AvgIpc) is 2.65. The predicted molar refractivity (Wildman–Crippen MR) is 54.8 cm³/mol. The van der Waals surface area contributed by atoms with E-state index < -0.39 is 17.3 Å². The quantitative estimate of drug-likeness (QED) is 0.887. The topological polar surface area (TPSA) is 67.6 Å². The number of aromatic nitrogens is 2.